The van der Waals surface area contributed by atoms with Gasteiger partial charge in [0.25, 0.3) is 0 Å². The summed E-state index contributed by atoms with van der Waals surface area (Å²) in [7, 11) is 0. The van der Waals surface area contributed by atoms with Crippen LogP contribution in [0, 0.1) is 6.92 Å². The standard InChI is InChI=1S/C29H38N4O4/c1-23-28(29(37-26-11-6-3-7-12-26)33(30-23)24-9-4-2-5-10-24)22-32(21-27-13-8-16-36-27)20-25(34)19-31-14-17-35-18-15-31/h2-7,9-12,25,27,34H,8,13-22H2,1H3/t25-,27-/m1/s1. The van der Waals surface area contributed by atoms with Gasteiger partial charge in [0, 0.05) is 45.9 Å². The summed E-state index contributed by atoms with van der Waals surface area (Å²) < 4.78 is 19.8. The van der Waals surface area contributed by atoms with Gasteiger partial charge in [-0.1, -0.05) is 36.4 Å². The number of morpholine rings is 1. The van der Waals surface area contributed by atoms with Crippen LogP contribution in [0.3, 0.4) is 0 Å². The van der Waals surface area contributed by atoms with Crippen LogP contribution >= 0.6 is 0 Å². The number of aromatic nitrogens is 2. The zero-order valence-corrected chi connectivity index (χ0v) is 21.7. The number of aliphatic hydroxyl groups excluding tert-OH is 1. The van der Waals surface area contributed by atoms with Gasteiger partial charge in [-0.2, -0.15) is 5.10 Å². The second-order valence-corrected chi connectivity index (χ2v) is 9.93. The van der Waals surface area contributed by atoms with Gasteiger partial charge in [0.2, 0.25) is 5.88 Å². The second kappa shape index (κ2) is 12.7. The number of ether oxygens (including phenoxy) is 3. The number of benzene rings is 2. The third-order valence-electron chi connectivity index (χ3n) is 7.00. The number of aryl methyl sites for hydroxylation is 1. The van der Waals surface area contributed by atoms with Gasteiger partial charge in [-0.25, -0.2) is 4.68 Å². The number of para-hydroxylation sites is 2. The molecule has 3 heterocycles. The van der Waals surface area contributed by atoms with Crippen LogP contribution in [0.1, 0.15) is 24.1 Å². The molecule has 2 aromatic carbocycles. The molecule has 0 amide bonds. The minimum absolute atomic E-state index is 0.179. The number of rotatable bonds is 11. The fourth-order valence-electron chi connectivity index (χ4n) is 5.11. The Morgan fingerprint density at radius 1 is 1.05 bits per heavy atom. The highest BCUT2D eigenvalue weighted by Crippen LogP contribution is 2.32. The van der Waals surface area contributed by atoms with Crippen molar-refractivity contribution in [1.29, 1.82) is 0 Å². The van der Waals surface area contributed by atoms with E-state index in [4.69, 9.17) is 19.3 Å². The summed E-state index contributed by atoms with van der Waals surface area (Å²) in [5, 5.41) is 15.9. The molecule has 0 bridgehead atoms. The quantitative estimate of drug-likeness (QED) is 0.426. The molecule has 0 aliphatic carbocycles. The molecular formula is C29H38N4O4. The van der Waals surface area contributed by atoms with E-state index in [9.17, 15) is 5.11 Å². The molecule has 3 aromatic rings. The van der Waals surface area contributed by atoms with E-state index in [0.717, 1.165) is 75.0 Å². The smallest absolute Gasteiger partial charge is 0.227 e. The van der Waals surface area contributed by atoms with Gasteiger partial charge in [-0.15, -0.1) is 0 Å². The van der Waals surface area contributed by atoms with E-state index in [0.29, 0.717) is 25.5 Å². The Labute approximate surface area is 219 Å². The van der Waals surface area contributed by atoms with Crippen molar-refractivity contribution in [3.63, 3.8) is 0 Å². The predicted octanol–water partition coefficient (Wildman–Crippen LogP) is 3.65. The number of hydrogen-bond acceptors (Lipinski definition) is 7. The first kappa shape index (κ1) is 25.9. The molecule has 1 aromatic heterocycles. The second-order valence-electron chi connectivity index (χ2n) is 9.93. The van der Waals surface area contributed by atoms with Gasteiger partial charge in [-0.3, -0.25) is 9.80 Å². The van der Waals surface area contributed by atoms with E-state index in [2.05, 4.69) is 9.80 Å². The van der Waals surface area contributed by atoms with Crippen LogP contribution in [-0.2, 0) is 16.0 Å². The summed E-state index contributed by atoms with van der Waals surface area (Å²) in [6, 6.07) is 19.9. The summed E-state index contributed by atoms with van der Waals surface area (Å²) in [4.78, 5) is 4.58. The maximum Gasteiger partial charge on any atom is 0.227 e. The Morgan fingerprint density at radius 3 is 2.49 bits per heavy atom. The minimum atomic E-state index is -0.470. The number of aliphatic hydroxyl groups is 1. The summed E-state index contributed by atoms with van der Waals surface area (Å²) in [6.07, 6.45) is 1.84. The highest BCUT2D eigenvalue weighted by atomic mass is 16.5. The van der Waals surface area contributed by atoms with E-state index in [-0.39, 0.29) is 6.10 Å². The zero-order valence-electron chi connectivity index (χ0n) is 21.7. The molecule has 8 nitrogen and oxygen atoms in total. The number of nitrogens with zero attached hydrogens (tertiary/aromatic N) is 4. The fourth-order valence-corrected chi connectivity index (χ4v) is 5.11. The van der Waals surface area contributed by atoms with Gasteiger partial charge >= 0.3 is 0 Å². The molecular weight excluding hydrogens is 468 g/mol. The summed E-state index contributed by atoms with van der Waals surface area (Å²) >= 11 is 0. The molecule has 2 saturated heterocycles. The van der Waals surface area contributed by atoms with Crippen LogP contribution in [0.15, 0.2) is 60.7 Å². The lowest BCUT2D eigenvalue weighted by Crippen LogP contribution is -2.45. The van der Waals surface area contributed by atoms with E-state index in [1.165, 1.54) is 0 Å². The molecule has 5 rings (SSSR count). The van der Waals surface area contributed by atoms with E-state index in [1.54, 1.807) is 0 Å². The lowest BCUT2D eigenvalue weighted by atomic mass is 10.1. The molecule has 198 valence electrons. The molecule has 1 N–H and O–H groups in total. The maximum absolute atomic E-state index is 11.1. The summed E-state index contributed by atoms with van der Waals surface area (Å²) in [5.74, 6) is 1.47. The first-order valence-electron chi connectivity index (χ1n) is 13.3. The van der Waals surface area contributed by atoms with Gasteiger partial charge < -0.3 is 19.3 Å². The number of hydrogen-bond donors (Lipinski definition) is 1. The summed E-state index contributed by atoms with van der Waals surface area (Å²) in [6.45, 7) is 8.58. The molecule has 2 aliphatic heterocycles. The monoisotopic (exact) mass is 506 g/mol. The Balaban J connectivity index is 1.40. The molecule has 0 saturated carbocycles. The largest absolute Gasteiger partial charge is 0.439 e. The van der Waals surface area contributed by atoms with E-state index >= 15 is 0 Å². The topological polar surface area (TPSA) is 72.2 Å². The third kappa shape index (κ3) is 6.97. The van der Waals surface area contributed by atoms with Crippen molar-refractivity contribution in [2.75, 3.05) is 52.5 Å². The van der Waals surface area contributed by atoms with Crippen LogP contribution in [0.5, 0.6) is 11.6 Å². The average Bonchev–Trinajstić information content (AvgIpc) is 3.54. The van der Waals surface area contributed by atoms with Crippen molar-refractivity contribution in [2.24, 2.45) is 0 Å². The third-order valence-corrected chi connectivity index (χ3v) is 7.00. The van der Waals surface area contributed by atoms with Crippen molar-refractivity contribution in [1.82, 2.24) is 19.6 Å². The zero-order chi connectivity index (χ0) is 25.5. The van der Waals surface area contributed by atoms with E-state index in [1.807, 2.05) is 72.3 Å². The highest BCUT2D eigenvalue weighted by Gasteiger charge is 2.26. The molecule has 2 fully saturated rings. The van der Waals surface area contributed by atoms with Crippen LogP contribution in [0.25, 0.3) is 5.69 Å². The Bertz CT molecular complexity index is 1100. The number of β-amino-alcohol motifs (C(OH)–C–C–N with tert-alkyl or cyclic N) is 1. The van der Waals surface area contributed by atoms with Crippen LogP contribution in [0.2, 0.25) is 0 Å². The van der Waals surface area contributed by atoms with Crippen LogP contribution in [0.4, 0.5) is 0 Å². The maximum atomic E-state index is 11.1. The van der Waals surface area contributed by atoms with Gasteiger partial charge in [0.15, 0.2) is 0 Å². The Hall–Kier alpha value is -2.75. The molecule has 2 aliphatic rings. The van der Waals surface area contributed by atoms with Crippen molar-refractivity contribution in [3.05, 3.63) is 71.9 Å². The minimum Gasteiger partial charge on any atom is -0.439 e. The molecule has 0 unspecified atom stereocenters. The molecule has 8 heteroatoms. The van der Waals surface area contributed by atoms with Gasteiger partial charge in [0.1, 0.15) is 5.75 Å². The van der Waals surface area contributed by atoms with E-state index < -0.39 is 6.10 Å². The Morgan fingerprint density at radius 2 is 1.78 bits per heavy atom. The van der Waals surface area contributed by atoms with Gasteiger partial charge in [-0.05, 0) is 44.0 Å². The Kier molecular flexibility index (Phi) is 8.86. The predicted molar refractivity (Wildman–Crippen MR) is 142 cm³/mol. The van der Waals surface area contributed by atoms with Crippen LogP contribution in [-0.4, -0.2) is 89.4 Å². The normalized spacial score (nSPS) is 19.4. The van der Waals surface area contributed by atoms with Crippen molar-refractivity contribution in [3.8, 4) is 17.3 Å². The SMILES string of the molecule is Cc1nn(-c2ccccc2)c(Oc2ccccc2)c1CN(C[C@H](O)CN1CCOCC1)C[C@H]1CCCO1. The lowest BCUT2D eigenvalue weighted by molar-refractivity contribution is -0.000213. The molecule has 2 atom stereocenters. The van der Waals surface area contributed by atoms with Crippen molar-refractivity contribution >= 4 is 0 Å². The first-order chi connectivity index (χ1) is 18.2. The first-order valence-corrected chi connectivity index (χ1v) is 13.3. The lowest BCUT2D eigenvalue weighted by Gasteiger charge is -2.32. The average molecular weight is 507 g/mol. The summed E-state index contributed by atoms with van der Waals surface area (Å²) in [5.41, 5.74) is 2.87. The van der Waals surface area contributed by atoms with Crippen LogP contribution < -0.4 is 4.74 Å². The molecule has 0 radical (unpaired) electrons. The molecule has 0 spiro atoms. The van der Waals surface area contributed by atoms with Crippen molar-refractivity contribution < 1.29 is 19.3 Å². The van der Waals surface area contributed by atoms with Crippen molar-refractivity contribution in [2.45, 2.75) is 38.5 Å². The van der Waals surface area contributed by atoms with Gasteiger partial charge in [0.05, 0.1) is 42.4 Å². The fraction of sp³-hybridized carbons (Fsp3) is 0.483. The highest BCUT2D eigenvalue weighted by molar-refractivity contribution is 5.43. The molecule has 37 heavy (non-hydrogen) atoms.